The fraction of sp³-hybridized carbons (Fsp3) is 0.200. The van der Waals surface area contributed by atoms with Crippen molar-refractivity contribution in [3.63, 3.8) is 0 Å². The van der Waals surface area contributed by atoms with Gasteiger partial charge in [0.15, 0.2) is 0 Å². The van der Waals surface area contributed by atoms with E-state index in [1.54, 1.807) is 19.2 Å². The lowest BCUT2D eigenvalue weighted by Crippen LogP contribution is -2.01. The van der Waals surface area contributed by atoms with Crippen molar-refractivity contribution in [2.75, 3.05) is 12.8 Å². The van der Waals surface area contributed by atoms with Gasteiger partial charge in [-0.25, -0.2) is 0 Å². The molecule has 0 radical (unpaired) electrons. The molecule has 0 aliphatic carbocycles. The number of ether oxygens (including phenoxy) is 1. The largest absolute Gasteiger partial charge is 0.496 e. The molecule has 1 unspecified atom stereocenters. The maximum absolute atomic E-state index is 12.4. The summed E-state index contributed by atoms with van der Waals surface area (Å²) in [5, 5.41) is 0. The summed E-state index contributed by atoms with van der Waals surface area (Å²) in [6.45, 7) is 1.97. The van der Waals surface area contributed by atoms with Crippen molar-refractivity contribution < 1.29 is 8.95 Å². The van der Waals surface area contributed by atoms with E-state index < -0.39 is 10.8 Å². The molecule has 0 aliphatic rings. The average molecular weight is 275 g/mol. The summed E-state index contributed by atoms with van der Waals surface area (Å²) in [6, 6.07) is 13.1. The highest BCUT2D eigenvalue weighted by atomic mass is 32.2. The third kappa shape index (κ3) is 3.15. The molecule has 0 heterocycles. The first-order chi connectivity index (χ1) is 9.11. The Hall–Kier alpha value is -1.81. The Morgan fingerprint density at radius 2 is 1.95 bits per heavy atom. The number of benzene rings is 2. The fourth-order valence-electron chi connectivity index (χ4n) is 1.91. The summed E-state index contributed by atoms with van der Waals surface area (Å²) >= 11 is 0. The monoisotopic (exact) mass is 275 g/mol. The molecule has 0 aromatic heterocycles. The molecule has 4 heteroatoms. The molecule has 0 saturated carbocycles. The van der Waals surface area contributed by atoms with E-state index in [2.05, 4.69) is 0 Å². The molecule has 2 N–H and O–H groups in total. The van der Waals surface area contributed by atoms with Gasteiger partial charge in [-0.2, -0.15) is 0 Å². The van der Waals surface area contributed by atoms with Gasteiger partial charge in [0.05, 0.1) is 23.7 Å². The van der Waals surface area contributed by atoms with Gasteiger partial charge < -0.3 is 10.5 Å². The van der Waals surface area contributed by atoms with Crippen molar-refractivity contribution >= 4 is 16.5 Å². The van der Waals surface area contributed by atoms with Gasteiger partial charge in [-0.15, -0.1) is 0 Å². The molecule has 0 amide bonds. The van der Waals surface area contributed by atoms with Crippen LogP contribution in [0.15, 0.2) is 47.4 Å². The summed E-state index contributed by atoms with van der Waals surface area (Å²) in [4.78, 5) is 0.862. The molecular weight excluding hydrogens is 258 g/mol. The Balaban J connectivity index is 2.27. The van der Waals surface area contributed by atoms with Crippen molar-refractivity contribution in [3.8, 4) is 5.75 Å². The van der Waals surface area contributed by atoms with E-state index in [1.165, 1.54) is 0 Å². The predicted octanol–water partition coefficient (Wildman–Crippen LogP) is 2.89. The number of rotatable bonds is 4. The van der Waals surface area contributed by atoms with Crippen LogP contribution < -0.4 is 10.5 Å². The number of nitrogen functional groups attached to an aromatic ring is 1. The van der Waals surface area contributed by atoms with Gasteiger partial charge in [0.1, 0.15) is 5.75 Å². The van der Waals surface area contributed by atoms with Gasteiger partial charge in [-0.3, -0.25) is 4.21 Å². The molecule has 100 valence electrons. The molecule has 2 rings (SSSR count). The van der Waals surface area contributed by atoms with Crippen LogP contribution in [0.2, 0.25) is 0 Å². The van der Waals surface area contributed by atoms with Crippen LogP contribution in [0.4, 0.5) is 5.69 Å². The standard InChI is InChI=1S/C15H17NO2S/c1-11-5-3-4-6-15(11)19(17)10-12-7-8-13(16)9-14(12)18-2/h3-9H,10,16H2,1-2H3. The summed E-state index contributed by atoms with van der Waals surface area (Å²) in [5.41, 5.74) is 8.29. The van der Waals surface area contributed by atoms with Crippen molar-refractivity contribution in [1.29, 1.82) is 0 Å². The van der Waals surface area contributed by atoms with Crippen LogP contribution in [0.5, 0.6) is 5.75 Å². The third-order valence-electron chi connectivity index (χ3n) is 2.94. The molecule has 1 atom stereocenters. The zero-order valence-electron chi connectivity index (χ0n) is 11.1. The highest BCUT2D eigenvalue weighted by molar-refractivity contribution is 7.84. The number of nitrogens with two attached hydrogens (primary N) is 1. The van der Waals surface area contributed by atoms with Gasteiger partial charge in [0.25, 0.3) is 0 Å². The summed E-state index contributed by atoms with van der Waals surface area (Å²) in [5.74, 6) is 1.11. The molecule has 0 spiro atoms. The lowest BCUT2D eigenvalue weighted by molar-refractivity contribution is 0.411. The SMILES string of the molecule is COc1cc(N)ccc1CS(=O)c1ccccc1C. The van der Waals surface area contributed by atoms with E-state index in [1.807, 2.05) is 37.3 Å². The third-order valence-corrected chi connectivity index (χ3v) is 4.46. The molecular formula is C15H17NO2S. The number of hydrogen-bond acceptors (Lipinski definition) is 3. The number of methoxy groups -OCH3 is 1. The van der Waals surface area contributed by atoms with Crippen LogP contribution in [0, 0.1) is 6.92 Å². The predicted molar refractivity (Wildman–Crippen MR) is 78.7 cm³/mol. The summed E-state index contributed by atoms with van der Waals surface area (Å²) < 4.78 is 17.7. The van der Waals surface area contributed by atoms with Gasteiger partial charge in [0.2, 0.25) is 0 Å². The first-order valence-corrected chi connectivity index (χ1v) is 7.30. The minimum Gasteiger partial charge on any atom is -0.496 e. The van der Waals surface area contributed by atoms with Gasteiger partial charge in [0, 0.05) is 22.2 Å². The van der Waals surface area contributed by atoms with Crippen LogP contribution in [0.1, 0.15) is 11.1 Å². The van der Waals surface area contributed by atoms with Gasteiger partial charge in [-0.05, 0) is 24.6 Å². The first kappa shape index (κ1) is 13.6. The number of hydrogen-bond donors (Lipinski definition) is 1. The van der Waals surface area contributed by atoms with Gasteiger partial charge >= 0.3 is 0 Å². The van der Waals surface area contributed by atoms with E-state index >= 15 is 0 Å². The molecule has 0 aliphatic heterocycles. The zero-order chi connectivity index (χ0) is 13.8. The molecule has 0 fully saturated rings. The normalized spacial score (nSPS) is 12.1. The van der Waals surface area contributed by atoms with E-state index in [-0.39, 0.29) is 0 Å². The highest BCUT2D eigenvalue weighted by Crippen LogP contribution is 2.25. The molecule has 2 aromatic carbocycles. The van der Waals surface area contributed by atoms with Crippen LogP contribution in [0.3, 0.4) is 0 Å². The van der Waals surface area contributed by atoms with Crippen molar-refractivity contribution in [1.82, 2.24) is 0 Å². The smallest absolute Gasteiger partial charge is 0.125 e. The summed E-state index contributed by atoms with van der Waals surface area (Å²) in [7, 11) is 0.507. The molecule has 0 bridgehead atoms. The molecule has 0 saturated heterocycles. The highest BCUT2D eigenvalue weighted by Gasteiger charge is 2.11. The van der Waals surface area contributed by atoms with E-state index in [4.69, 9.17) is 10.5 Å². The Morgan fingerprint density at radius 3 is 2.63 bits per heavy atom. The Kier molecular flexibility index (Phi) is 4.22. The number of aryl methyl sites for hydroxylation is 1. The van der Waals surface area contributed by atoms with Crippen LogP contribution in [0.25, 0.3) is 0 Å². The van der Waals surface area contributed by atoms with Crippen molar-refractivity contribution in [3.05, 3.63) is 53.6 Å². The zero-order valence-corrected chi connectivity index (χ0v) is 11.9. The topological polar surface area (TPSA) is 52.3 Å². The van der Waals surface area contributed by atoms with Crippen molar-refractivity contribution in [2.24, 2.45) is 0 Å². The second-order valence-electron chi connectivity index (χ2n) is 4.33. The van der Waals surface area contributed by atoms with Crippen LogP contribution in [-0.2, 0) is 16.6 Å². The minimum atomic E-state index is -1.09. The van der Waals surface area contributed by atoms with E-state index in [0.717, 1.165) is 16.0 Å². The quantitative estimate of drug-likeness (QED) is 0.873. The maximum Gasteiger partial charge on any atom is 0.125 e. The number of anilines is 1. The van der Waals surface area contributed by atoms with Crippen LogP contribution in [-0.4, -0.2) is 11.3 Å². The Morgan fingerprint density at radius 1 is 1.21 bits per heavy atom. The van der Waals surface area contributed by atoms with Crippen LogP contribution >= 0.6 is 0 Å². The second-order valence-corrected chi connectivity index (χ2v) is 5.75. The lowest BCUT2D eigenvalue weighted by Gasteiger charge is -2.10. The molecule has 2 aromatic rings. The van der Waals surface area contributed by atoms with Crippen molar-refractivity contribution in [2.45, 2.75) is 17.6 Å². The minimum absolute atomic E-state index is 0.425. The average Bonchev–Trinajstić information content (AvgIpc) is 2.41. The molecule has 19 heavy (non-hydrogen) atoms. The van der Waals surface area contributed by atoms with Gasteiger partial charge in [-0.1, -0.05) is 24.3 Å². The second kappa shape index (κ2) is 5.89. The Labute approximate surface area is 115 Å². The van der Waals surface area contributed by atoms with E-state index in [9.17, 15) is 4.21 Å². The lowest BCUT2D eigenvalue weighted by atomic mass is 10.2. The first-order valence-electron chi connectivity index (χ1n) is 5.98. The van der Waals surface area contributed by atoms with E-state index in [0.29, 0.717) is 17.2 Å². The fourth-order valence-corrected chi connectivity index (χ4v) is 3.25. The summed E-state index contributed by atoms with van der Waals surface area (Å²) in [6.07, 6.45) is 0. The maximum atomic E-state index is 12.4. The molecule has 3 nitrogen and oxygen atoms in total. The Bertz CT molecular complexity index is 611.